The van der Waals surface area contributed by atoms with Crippen LogP contribution in [0, 0.1) is 11.6 Å². The van der Waals surface area contributed by atoms with Crippen LogP contribution in [0.2, 0.25) is 5.02 Å². The van der Waals surface area contributed by atoms with Crippen molar-refractivity contribution in [3.63, 3.8) is 0 Å². The summed E-state index contributed by atoms with van der Waals surface area (Å²) in [4.78, 5) is 10.4. The zero-order chi connectivity index (χ0) is 12.5. The van der Waals surface area contributed by atoms with Gasteiger partial charge in [-0.05, 0) is 0 Å². The number of rotatable bonds is 3. The number of phenolic OH excluding ortho intramolecular Hbond substituents is 1. The first-order valence-electron chi connectivity index (χ1n) is 4.18. The Bertz CT molecular complexity index is 439. The molecule has 1 aromatic carbocycles. The summed E-state index contributed by atoms with van der Waals surface area (Å²) >= 11 is 5.34. The van der Waals surface area contributed by atoms with E-state index in [0.717, 1.165) is 0 Å². The van der Waals surface area contributed by atoms with Crippen molar-refractivity contribution in [1.82, 2.24) is 0 Å². The fourth-order valence-corrected chi connectivity index (χ4v) is 1.28. The van der Waals surface area contributed by atoms with Crippen molar-refractivity contribution in [2.75, 3.05) is 0 Å². The van der Waals surface area contributed by atoms with Crippen LogP contribution in [0.25, 0.3) is 0 Å². The smallest absolute Gasteiger partial charge is 0.320 e. The van der Waals surface area contributed by atoms with Gasteiger partial charge in [-0.15, -0.1) is 0 Å². The molecule has 0 amide bonds. The lowest BCUT2D eigenvalue weighted by atomic mass is 10.1. The topological polar surface area (TPSA) is 83.5 Å². The molecular formula is C9H8ClF2NO3. The number of hydrogen-bond donors (Lipinski definition) is 3. The molecule has 7 heteroatoms. The molecule has 4 nitrogen and oxygen atoms in total. The molecule has 0 unspecified atom stereocenters. The van der Waals surface area contributed by atoms with Gasteiger partial charge >= 0.3 is 5.97 Å². The maximum atomic E-state index is 13.4. The van der Waals surface area contributed by atoms with Crippen molar-refractivity contribution in [3.05, 3.63) is 28.3 Å². The molecule has 0 saturated carbocycles. The number of carbonyl (C=O) groups is 1. The van der Waals surface area contributed by atoms with E-state index in [-0.39, 0.29) is 0 Å². The fourth-order valence-electron chi connectivity index (χ4n) is 1.11. The minimum atomic E-state index is -1.44. The van der Waals surface area contributed by atoms with Gasteiger partial charge in [-0.2, -0.15) is 0 Å². The highest BCUT2D eigenvalue weighted by Crippen LogP contribution is 2.30. The normalized spacial score (nSPS) is 12.5. The van der Waals surface area contributed by atoms with Gasteiger partial charge in [0, 0.05) is 18.1 Å². The molecule has 0 radical (unpaired) electrons. The van der Waals surface area contributed by atoms with Gasteiger partial charge in [0.25, 0.3) is 0 Å². The third-order valence-corrected chi connectivity index (χ3v) is 2.34. The lowest BCUT2D eigenvalue weighted by molar-refractivity contribution is -0.138. The van der Waals surface area contributed by atoms with Crippen LogP contribution in [0.1, 0.15) is 5.56 Å². The van der Waals surface area contributed by atoms with Crippen molar-refractivity contribution in [2.45, 2.75) is 12.5 Å². The Balaban J connectivity index is 3.14. The molecule has 0 spiro atoms. The van der Waals surface area contributed by atoms with Gasteiger partial charge in [-0.1, -0.05) is 11.6 Å². The first-order valence-corrected chi connectivity index (χ1v) is 4.56. The van der Waals surface area contributed by atoms with E-state index in [0.29, 0.717) is 6.07 Å². The molecular weight excluding hydrogens is 244 g/mol. The van der Waals surface area contributed by atoms with Crippen LogP contribution >= 0.6 is 11.6 Å². The number of aromatic hydroxyl groups is 1. The number of halogens is 3. The van der Waals surface area contributed by atoms with Gasteiger partial charge in [0.1, 0.15) is 22.6 Å². The Morgan fingerprint density at radius 2 is 2.12 bits per heavy atom. The second-order valence-electron chi connectivity index (χ2n) is 3.13. The summed E-state index contributed by atoms with van der Waals surface area (Å²) in [5, 5.41) is 16.8. The monoisotopic (exact) mass is 251 g/mol. The number of aliphatic carboxylic acids is 1. The number of phenols is 1. The van der Waals surface area contributed by atoms with Gasteiger partial charge in [0.05, 0.1) is 0 Å². The summed E-state index contributed by atoms with van der Waals surface area (Å²) in [6, 6.07) is -0.834. The summed E-state index contributed by atoms with van der Waals surface area (Å²) in [7, 11) is 0. The molecule has 0 aliphatic heterocycles. The highest BCUT2D eigenvalue weighted by atomic mass is 35.5. The summed E-state index contributed by atoms with van der Waals surface area (Å²) in [5.41, 5.74) is 4.58. The SMILES string of the molecule is N[C@@H](Cc1c(F)cc(O)c(Cl)c1F)C(=O)O. The molecule has 0 aromatic heterocycles. The molecule has 0 bridgehead atoms. The van der Waals surface area contributed by atoms with E-state index in [1.54, 1.807) is 0 Å². The zero-order valence-corrected chi connectivity index (χ0v) is 8.63. The van der Waals surface area contributed by atoms with E-state index in [9.17, 15) is 13.6 Å². The lowest BCUT2D eigenvalue weighted by Gasteiger charge is -2.10. The van der Waals surface area contributed by atoms with Crippen LogP contribution < -0.4 is 5.73 Å². The number of hydrogen-bond acceptors (Lipinski definition) is 3. The molecule has 1 aromatic rings. The van der Waals surface area contributed by atoms with Crippen LogP contribution in [-0.4, -0.2) is 22.2 Å². The van der Waals surface area contributed by atoms with Crippen molar-refractivity contribution in [2.24, 2.45) is 5.73 Å². The predicted octanol–water partition coefficient (Wildman–Crippen LogP) is 1.28. The quantitative estimate of drug-likeness (QED) is 0.707. The fraction of sp³-hybridized carbons (Fsp3) is 0.222. The predicted molar refractivity (Wildman–Crippen MR) is 52.3 cm³/mol. The van der Waals surface area contributed by atoms with Crippen LogP contribution in [0.3, 0.4) is 0 Å². The first kappa shape index (κ1) is 12.7. The molecule has 16 heavy (non-hydrogen) atoms. The summed E-state index contributed by atoms with van der Waals surface area (Å²) in [6.45, 7) is 0. The van der Waals surface area contributed by atoms with E-state index < -0.39 is 46.4 Å². The molecule has 88 valence electrons. The molecule has 4 N–H and O–H groups in total. The maximum absolute atomic E-state index is 13.4. The molecule has 0 saturated heterocycles. The lowest BCUT2D eigenvalue weighted by Crippen LogP contribution is -2.33. The Labute approximate surface area is 94.3 Å². The Morgan fingerprint density at radius 3 is 2.62 bits per heavy atom. The number of benzene rings is 1. The van der Waals surface area contributed by atoms with Crippen LogP contribution in [0.15, 0.2) is 6.07 Å². The number of carboxylic acid groups (broad SMARTS) is 1. The summed E-state index contributed by atoms with van der Waals surface area (Å²) in [6.07, 6.45) is -0.549. The Kier molecular flexibility index (Phi) is 3.66. The average Bonchev–Trinajstić information content (AvgIpc) is 2.20. The van der Waals surface area contributed by atoms with Crippen molar-refractivity contribution < 1.29 is 23.8 Å². The highest BCUT2D eigenvalue weighted by Gasteiger charge is 2.21. The van der Waals surface area contributed by atoms with Crippen LogP contribution in [0.4, 0.5) is 8.78 Å². The maximum Gasteiger partial charge on any atom is 0.320 e. The van der Waals surface area contributed by atoms with Crippen molar-refractivity contribution >= 4 is 17.6 Å². The second-order valence-corrected chi connectivity index (χ2v) is 3.51. The Hall–Kier alpha value is -1.40. The van der Waals surface area contributed by atoms with Gasteiger partial charge in [-0.25, -0.2) is 8.78 Å². The molecule has 1 rings (SSSR count). The van der Waals surface area contributed by atoms with E-state index in [2.05, 4.69) is 0 Å². The molecule has 1 atom stereocenters. The molecule has 0 heterocycles. The first-order chi connectivity index (χ1) is 7.34. The number of carboxylic acids is 1. The second kappa shape index (κ2) is 4.63. The van der Waals surface area contributed by atoms with Gasteiger partial charge in [0.2, 0.25) is 0 Å². The van der Waals surface area contributed by atoms with Crippen LogP contribution in [0.5, 0.6) is 5.75 Å². The largest absolute Gasteiger partial charge is 0.506 e. The third kappa shape index (κ3) is 2.40. The van der Waals surface area contributed by atoms with E-state index in [4.69, 9.17) is 27.5 Å². The molecule has 0 aliphatic carbocycles. The third-order valence-electron chi connectivity index (χ3n) is 1.98. The highest BCUT2D eigenvalue weighted by molar-refractivity contribution is 6.32. The van der Waals surface area contributed by atoms with E-state index in [1.165, 1.54) is 0 Å². The van der Waals surface area contributed by atoms with Crippen LogP contribution in [-0.2, 0) is 11.2 Å². The van der Waals surface area contributed by atoms with Gasteiger partial charge < -0.3 is 15.9 Å². The van der Waals surface area contributed by atoms with Gasteiger partial charge in [0.15, 0.2) is 5.82 Å². The molecule has 0 fully saturated rings. The molecule has 0 aliphatic rings. The standard InChI is InChI=1S/C9H8ClF2NO3/c10-7-6(14)2-4(11)3(8(7)12)1-5(13)9(15)16/h2,5,14H,1,13H2,(H,15,16)/t5-/m0/s1. The zero-order valence-electron chi connectivity index (χ0n) is 7.88. The minimum Gasteiger partial charge on any atom is -0.506 e. The Morgan fingerprint density at radius 1 is 1.56 bits per heavy atom. The minimum absolute atomic E-state index is 0.549. The van der Waals surface area contributed by atoms with E-state index in [1.807, 2.05) is 0 Å². The van der Waals surface area contributed by atoms with E-state index >= 15 is 0 Å². The number of nitrogens with two attached hydrogens (primary N) is 1. The van der Waals surface area contributed by atoms with Crippen molar-refractivity contribution in [1.29, 1.82) is 0 Å². The average molecular weight is 252 g/mol. The van der Waals surface area contributed by atoms with Gasteiger partial charge in [-0.3, -0.25) is 4.79 Å². The van der Waals surface area contributed by atoms with Crippen molar-refractivity contribution in [3.8, 4) is 5.75 Å². The summed E-state index contributed by atoms with van der Waals surface area (Å²) in [5.74, 6) is -4.42. The summed E-state index contributed by atoms with van der Waals surface area (Å²) < 4.78 is 26.6.